The average molecular weight is 298 g/mol. The first-order valence-corrected chi connectivity index (χ1v) is 7.54. The van der Waals surface area contributed by atoms with E-state index in [4.69, 9.17) is 0 Å². The van der Waals surface area contributed by atoms with Crippen LogP contribution < -0.4 is 10.2 Å². The van der Waals surface area contributed by atoms with Crippen LogP contribution >= 0.6 is 0 Å². The predicted octanol–water partition coefficient (Wildman–Crippen LogP) is 4.34. The molecule has 0 saturated heterocycles. The van der Waals surface area contributed by atoms with Crippen molar-refractivity contribution in [3.63, 3.8) is 0 Å². The molecule has 0 amide bonds. The van der Waals surface area contributed by atoms with Gasteiger partial charge in [0, 0.05) is 25.7 Å². The van der Waals surface area contributed by atoms with Crippen molar-refractivity contribution in [1.29, 1.82) is 0 Å². The van der Waals surface area contributed by atoms with Gasteiger partial charge in [-0.1, -0.05) is 13.8 Å². The molecule has 1 aromatic rings. The molecule has 1 aromatic carbocycles. The van der Waals surface area contributed by atoms with Crippen LogP contribution in [0.4, 0.5) is 14.5 Å². The van der Waals surface area contributed by atoms with E-state index >= 15 is 0 Å². The van der Waals surface area contributed by atoms with Crippen LogP contribution in [0.1, 0.15) is 46.6 Å². The molecule has 4 heteroatoms. The normalized spacial score (nSPS) is 12.0. The van der Waals surface area contributed by atoms with E-state index in [2.05, 4.69) is 19.2 Å². The lowest BCUT2D eigenvalue weighted by Crippen LogP contribution is -2.35. The lowest BCUT2D eigenvalue weighted by Gasteiger charge is -2.23. The Balaban J connectivity index is 2.84. The van der Waals surface area contributed by atoms with Gasteiger partial charge in [0.15, 0.2) is 0 Å². The molecule has 0 saturated carbocycles. The van der Waals surface area contributed by atoms with Crippen LogP contribution in [0.3, 0.4) is 0 Å². The summed E-state index contributed by atoms with van der Waals surface area (Å²) in [5.74, 6) is -0.479. The maximum absolute atomic E-state index is 14.2. The number of hydrogen-bond donors (Lipinski definition) is 1. The van der Waals surface area contributed by atoms with E-state index in [0.717, 1.165) is 6.42 Å². The maximum Gasteiger partial charge on any atom is 0.149 e. The third-order valence-corrected chi connectivity index (χ3v) is 3.32. The van der Waals surface area contributed by atoms with Gasteiger partial charge >= 0.3 is 0 Å². The van der Waals surface area contributed by atoms with E-state index in [1.165, 1.54) is 12.1 Å². The molecule has 0 fully saturated rings. The number of benzene rings is 1. The van der Waals surface area contributed by atoms with Gasteiger partial charge in [0.1, 0.15) is 17.3 Å². The van der Waals surface area contributed by atoms with Crippen LogP contribution in [-0.2, 0) is 6.54 Å². The molecular formula is C17H28F2N2. The monoisotopic (exact) mass is 298 g/mol. The van der Waals surface area contributed by atoms with Gasteiger partial charge in [-0.3, -0.25) is 0 Å². The Morgan fingerprint density at radius 2 is 1.67 bits per heavy atom. The van der Waals surface area contributed by atoms with Crippen molar-refractivity contribution >= 4 is 5.69 Å². The summed E-state index contributed by atoms with van der Waals surface area (Å²) in [6.07, 6.45) is 0.905. The average Bonchev–Trinajstić information content (AvgIpc) is 2.32. The SMILES string of the molecule is CC(C)CCN(C)c1c(F)cc(CNC(C)(C)C)cc1F. The Morgan fingerprint density at radius 3 is 2.10 bits per heavy atom. The van der Waals surface area contributed by atoms with Gasteiger partial charge in [-0.2, -0.15) is 0 Å². The van der Waals surface area contributed by atoms with Crippen LogP contribution in [0.25, 0.3) is 0 Å². The number of nitrogens with zero attached hydrogens (tertiary/aromatic N) is 1. The second-order valence-corrected chi connectivity index (χ2v) is 7.12. The summed E-state index contributed by atoms with van der Waals surface area (Å²) in [7, 11) is 1.73. The van der Waals surface area contributed by atoms with E-state index < -0.39 is 11.6 Å². The van der Waals surface area contributed by atoms with Gasteiger partial charge in [-0.15, -0.1) is 0 Å². The zero-order chi connectivity index (χ0) is 16.2. The topological polar surface area (TPSA) is 15.3 Å². The van der Waals surface area contributed by atoms with Crippen LogP contribution in [0, 0.1) is 17.6 Å². The Kier molecular flexibility index (Phi) is 6.14. The predicted molar refractivity (Wildman–Crippen MR) is 85.7 cm³/mol. The summed E-state index contributed by atoms with van der Waals surface area (Å²) < 4.78 is 28.4. The molecule has 0 aliphatic carbocycles. The molecule has 21 heavy (non-hydrogen) atoms. The first kappa shape index (κ1) is 17.9. The first-order valence-electron chi connectivity index (χ1n) is 7.54. The third-order valence-electron chi connectivity index (χ3n) is 3.32. The van der Waals surface area contributed by atoms with Crippen molar-refractivity contribution in [2.24, 2.45) is 5.92 Å². The highest BCUT2D eigenvalue weighted by Crippen LogP contribution is 2.25. The summed E-state index contributed by atoms with van der Waals surface area (Å²) >= 11 is 0. The molecule has 0 aromatic heterocycles. The fourth-order valence-corrected chi connectivity index (χ4v) is 2.02. The lowest BCUT2D eigenvalue weighted by molar-refractivity contribution is 0.422. The largest absolute Gasteiger partial charge is 0.370 e. The van der Waals surface area contributed by atoms with Crippen molar-refractivity contribution < 1.29 is 8.78 Å². The molecule has 0 spiro atoms. The molecular weight excluding hydrogens is 270 g/mol. The van der Waals surface area contributed by atoms with E-state index in [1.807, 2.05) is 20.8 Å². The van der Waals surface area contributed by atoms with Crippen LogP contribution in [-0.4, -0.2) is 19.1 Å². The molecule has 0 heterocycles. The van der Waals surface area contributed by atoms with Crippen LogP contribution in [0.2, 0.25) is 0 Å². The van der Waals surface area contributed by atoms with E-state index in [0.29, 0.717) is 24.6 Å². The molecule has 1 rings (SSSR count). The minimum Gasteiger partial charge on any atom is -0.370 e. The highest BCUT2D eigenvalue weighted by molar-refractivity contribution is 5.50. The van der Waals surface area contributed by atoms with Gasteiger partial charge in [0.25, 0.3) is 0 Å². The van der Waals surface area contributed by atoms with Crippen molar-refractivity contribution in [2.75, 3.05) is 18.5 Å². The highest BCUT2D eigenvalue weighted by Gasteiger charge is 2.16. The fraction of sp³-hybridized carbons (Fsp3) is 0.647. The molecule has 0 aliphatic rings. The number of nitrogens with one attached hydrogen (secondary N) is 1. The van der Waals surface area contributed by atoms with Crippen molar-refractivity contribution in [3.8, 4) is 0 Å². The Hall–Kier alpha value is -1.16. The zero-order valence-electron chi connectivity index (χ0n) is 14.1. The fourth-order valence-electron chi connectivity index (χ4n) is 2.02. The highest BCUT2D eigenvalue weighted by atomic mass is 19.1. The molecule has 0 bridgehead atoms. The molecule has 120 valence electrons. The Labute approximate surface area is 127 Å². The standard InChI is InChI=1S/C17H28F2N2/c1-12(2)7-8-21(6)16-14(18)9-13(10-15(16)19)11-20-17(3,4)5/h9-10,12,20H,7-8,11H2,1-6H3. The van der Waals surface area contributed by atoms with Gasteiger partial charge < -0.3 is 10.2 Å². The second kappa shape index (κ2) is 7.21. The van der Waals surface area contributed by atoms with E-state index in [1.54, 1.807) is 11.9 Å². The minimum atomic E-state index is -0.494. The minimum absolute atomic E-state index is 0.0650. The lowest BCUT2D eigenvalue weighted by atomic mass is 10.1. The molecule has 0 radical (unpaired) electrons. The summed E-state index contributed by atoms with van der Waals surface area (Å²) in [4.78, 5) is 1.66. The molecule has 2 nitrogen and oxygen atoms in total. The Morgan fingerprint density at radius 1 is 1.14 bits per heavy atom. The quantitative estimate of drug-likeness (QED) is 0.840. The number of hydrogen-bond acceptors (Lipinski definition) is 2. The van der Waals surface area contributed by atoms with Crippen molar-refractivity contribution in [3.05, 3.63) is 29.3 Å². The zero-order valence-corrected chi connectivity index (χ0v) is 14.1. The first-order chi connectivity index (χ1) is 9.60. The number of rotatable bonds is 6. The second-order valence-electron chi connectivity index (χ2n) is 7.12. The summed E-state index contributed by atoms with van der Waals surface area (Å²) in [6, 6.07) is 2.84. The van der Waals surface area contributed by atoms with E-state index in [9.17, 15) is 8.78 Å². The summed E-state index contributed by atoms with van der Waals surface area (Å²) in [6.45, 7) is 11.4. The molecule has 0 aliphatic heterocycles. The van der Waals surface area contributed by atoms with Gasteiger partial charge in [0.05, 0.1) is 0 Å². The Bertz CT molecular complexity index is 441. The number of halogens is 2. The molecule has 1 N–H and O–H groups in total. The van der Waals surface area contributed by atoms with Gasteiger partial charge in [-0.25, -0.2) is 8.78 Å². The van der Waals surface area contributed by atoms with Crippen molar-refractivity contribution in [2.45, 2.75) is 53.1 Å². The van der Waals surface area contributed by atoms with Gasteiger partial charge in [-0.05, 0) is 50.8 Å². The molecule has 0 atom stereocenters. The van der Waals surface area contributed by atoms with Gasteiger partial charge in [0.2, 0.25) is 0 Å². The van der Waals surface area contributed by atoms with E-state index in [-0.39, 0.29) is 11.2 Å². The molecule has 0 unspecified atom stereocenters. The third kappa shape index (κ3) is 6.00. The van der Waals surface area contributed by atoms with Crippen LogP contribution in [0.5, 0.6) is 0 Å². The smallest absolute Gasteiger partial charge is 0.149 e. The van der Waals surface area contributed by atoms with Crippen molar-refractivity contribution in [1.82, 2.24) is 5.32 Å². The maximum atomic E-state index is 14.2. The summed E-state index contributed by atoms with van der Waals surface area (Å²) in [5, 5.41) is 3.23. The number of anilines is 1. The summed E-state index contributed by atoms with van der Waals surface area (Å²) in [5.41, 5.74) is 0.607. The van der Waals surface area contributed by atoms with Crippen LogP contribution in [0.15, 0.2) is 12.1 Å².